The predicted molar refractivity (Wildman–Crippen MR) is 36.1 cm³/mol. The van der Waals surface area contributed by atoms with Crippen molar-refractivity contribution < 1.29 is 0 Å². The van der Waals surface area contributed by atoms with Gasteiger partial charge in [-0.05, 0) is 0 Å². The van der Waals surface area contributed by atoms with Gasteiger partial charge in [0.2, 0.25) is 0 Å². The molecule has 0 aliphatic carbocycles. The van der Waals surface area contributed by atoms with Crippen LogP contribution < -0.4 is 5.73 Å². The lowest BCUT2D eigenvalue weighted by atomic mass is 10.6. The quantitative estimate of drug-likeness (QED) is 0.594. The van der Waals surface area contributed by atoms with Crippen LogP contribution in [0.3, 0.4) is 0 Å². The number of rotatable bonds is 2. The van der Waals surface area contributed by atoms with Crippen molar-refractivity contribution in [1.29, 1.82) is 0 Å². The summed E-state index contributed by atoms with van der Waals surface area (Å²) in [5, 5.41) is 1.27. The molecular weight excluding hydrogens is 106 g/mol. The number of nitrogens with two attached hydrogens (primary N) is 1. The molecule has 2 heteroatoms. The fourth-order valence-corrected chi connectivity index (χ4v) is 0.908. The summed E-state index contributed by atoms with van der Waals surface area (Å²) in [7, 11) is 0. The third-order valence-corrected chi connectivity index (χ3v) is 1.16. The van der Waals surface area contributed by atoms with Gasteiger partial charge in [-0.25, -0.2) is 0 Å². The van der Waals surface area contributed by atoms with E-state index in [9.17, 15) is 0 Å². The molecule has 0 spiro atoms. The Morgan fingerprint density at radius 1 is 1.71 bits per heavy atom. The Morgan fingerprint density at radius 2 is 2.14 bits per heavy atom. The van der Waals surface area contributed by atoms with E-state index in [4.69, 9.17) is 5.73 Å². The summed E-state index contributed by atoms with van der Waals surface area (Å²) in [4.78, 5) is 0. The minimum Gasteiger partial charge on any atom is -0.394 e. The number of thioether (sulfide) groups is 1. The van der Waals surface area contributed by atoms with Crippen LogP contribution in [0.15, 0.2) is 11.6 Å². The van der Waals surface area contributed by atoms with Crippen molar-refractivity contribution in [3.8, 4) is 0 Å². The van der Waals surface area contributed by atoms with E-state index in [0.717, 1.165) is 0 Å². The Hall–Kier alpha value is -0.110. The molecule has 0 saturated heterocycles. The van der Waals surface area contributed by atoms with E-state index in [1.165, 1.54) is 0 Å². The molecule has 0 aromatic rings. The van der Waals surface area contributed by atoms with Crippen LogP contribution in [0, 0.1) is 0 Å². The second kappa shape index (κ2) is 2.97. The van der Waals surface area contributed by atoms with E-state index in [2.05, 4.69) is 20.4 Å². The van der Waals surface area contributed by atoms with Gasteiger partial charge in [-0.3, -0.25) is 0 Å². The highest BCUT2D eigenvalue weighted by atomic mass is 32.2. The SMILES string of the molecule is C=C(N)SC(C)C. The molecule has 0 bridgehead atoms. The van der Waals surface area contributed by atoms with Gasteiger partial charge in [0.1, 0.15) is 0 Å². The maximum Gasteiger partial charge on any atom is 0.0584 e. The van der Waals surface area contributed by atoms with Crippen LogP contribution in [0.25, 0.3) is 0 Å². The highest BCUT2D eigenvalue weighted by Gasteiger charge is 1.91. The molecule has 0 saturated carbocycles. The number of hydrogen-bond acceptors (Lipinski definition) is 2. The first kappa shape index (κ1) is 6.89. The van der Waals surface area contributed by atoms with Crippen LogP contribution in [0.1, 0.15) is 13.8 Å². The van der Waals surface area contributed by atoms with Gasteiger partial charge in [0.05, 0.1) is 5.03 Å². The van der Waals surface area contributed by atoms with E-state index in [0.29, 0.717) is 10.3 Å². The van der Waals surface area contributed by atoms with Gasteiger partial charge in [-0.1, -0.05) is 20.4 Å². The third kappa shape index (κ3) is 5.89. The lowest BCUT2D eigenvalue weighted by Gasteiger charge is -1.99. The average molecular weight is 117 g/mol. The number of hydrogen-bond donors (Lipinski definition) is 1. The summed E-state index contributed by atoms with van der Waals surface area (Å²) < 4.78 is 0. The molecule has 0 aromatic carbocycles. The minimum atomic E-state index is 0.567. The van der Waals surface area contributed by atoms with Crippen molar-refractivity contribution in [3.05, 3.63) is 11.6 Å². The van der Waals surface area contributed by atoms with E-state index in [-0.39, 0.29) is 0 Å². The van der Waals surface area contributed by atoms with Gasteiger partial charge in [0, 0.05) is 5.25 Å². The second-order valence-corrected chi connectivity index (χ2v) is 3.34. The fraction of sp³-hybridized carbons (Fsp3) is 0.600. The topological polar surface area (TPSA) is 26.0 Å². The normalized spacial score (nSPS) is 9.57. The van der Waals surface area contributed by atoms with Crippen LogP contribution in [-0.2, 0) is 0 Å². The third-order valence-electron chi connectivity index (χ3n) is 0.387. The van der Waals surface area contributed by atoms with Crippen molar-refractivity contribution in [2.45, 2.75) is 19.1 Å². The zero-order valence-corrected chi connectivity index (χ0v) is 5.59. The zero-order chi connectivity index (χ0) is 5.86. The van der Waals surface area contributed by atoms with Crippen molar-refractivity contribution in [2.24, 2.45) is 5.73 Å². The standard InChI is InChI=1S/C5H11NS/c1-4(2)7-5(3)6/h4H,3,6H2,1-2H3. The summed E-state index contributed by atoms with van der Waals surface area (Å²) in [5.74, 6) is 0. The molecule has 7 heavy (non-hydrogen) atoms. The summed E-state index contributed by atoms with van der Waals surface area (Å²) in [5.41, 5.74) is 5.26. The Morgan fingerprint density at radius 3 is 2.14 bits per heavy atom. The maximum absolute atomic E-state index is 5.26. The average Bonchev–Trinajstić information content (AvgIpc) is 1.27. The van der Waals surface area contributed by atoms with Crippen LogP contribution in [-0.4, -0.2) is 5.25 Å². The molecule has 0 radical (unpaired) electrons. The van der Waals surface area contributed by atoms with Gasteiger partial charge >= 0.3 is 0 Å². The van der Waals surface area contributed by atoms with E-state index >= 15 is 0 Å². The molecule has 2 N–H and O–H groups in total. The van der Waals surface area contributed by atoms with Gasteiger partial charge < -0.3 is 5.73 Å². The van der Waals surface area contributed by atoms with Crippen LogP contribution in [0.5, 0.6) is 0 Å². The van der Waals surface area contributed by atoms with Gasteiger partial charge in [-0.2, -0.15) is 0 Å². The van der Waals surface area contributed by atoms with Crippen molar-refractivity contribution in [3.63, 3.8) is 0 Å². The van der Waals surface area contributed by atoms with Crippen LogP contribution >= 0.6 is 11.8 Å². The van der Waals surface area contributed by atoms with Crippen molar-refractivity contribution in [2.75, 3.05) is 0 Å². The van der Waals surface area contributed by atoms with Crippen LogP contribution in [0.4, 0.5) is 0 Å². The zero-order valence-electron chi connectivity index (χ0n) is 4.77. The molecule has 0 unspecified atom stereocenters. The molecule has 0 aromatic heterocycles. The van der Waals surface area contributed by atoms with Crippen LogP contribution in [0.2, 0.25) is 0 Å². The fourth-order valence-electron chi connectivity index (χ4n) is 0.303. The Bertz CT molecular complexity index is 68.5. The molecule has 0 atom stereocenters. The lowest BCUT2D eigenvalue weighted by Crippen LogP contribution is -1.94. The van der Waals surface area contributed by atoms with Gasteiger partial charge in [0.25, 0.3) is 0 Å². The molecule has 0 rings (SSSR count). The molecular formula is C5H11NS. The predicted octanol–water partition coefficient (Wildman–Crippen LogP) is 1.56. The molecule has 0 amide bonds. The first-order valence-electron chi connectivity index (χ1n) is 2.24. The Balaban J connectivity index is 3.13. The molecule has 0 aliphatic heterocycles. The minimum absolute atomic E-state index is 0.567. The Labute approximate surface area is 49.0 Å². The summed E-state index contributed by atoms with van der Waals surface area (Å²) in [6.07, 6.45) is 0. The Kier molecular flexibility index (Phi) is 2.92. The highest BCUT2D eigenvalue weighted by Crippen LogP contribution is 2.13. The lowest BCUT2D eigenvalue weighted by molar-refractivity contribution is 1.12. The summed E-state index contributed by atoms with van der Waals surface area (Å²) in [6.45, 7) is 7.71. The smallest absolute Gasteiger partial charge is 0.0584 e. The first-order valence-corrected chi connectivity index (χ1v) is 3.12. The molecule has 0 aliphatic rings. The second-order valence-electron chi connectivity index (χ2n) is 1.63. The van der Waals surface area contributed by atoms with E-state index < -0.39 is 0 Å². The van der Waals surface area contributed by atoms with Crippen molar-refractivity contribution in [1.82, 2.24) is 0 Å². The summed E-state index contributed by atoms with van der Waals surface area (Å²) in [6, 6.07) is 0. The first-order chi connectivity index (χ1) is 3.13. The monoisotopic (exact) mass is 117 g/mol. The molecule has 0 heterocycles. The molecule has 1 nitrogen and oxygen atoms in total. The highest BCUT2D eigenvalue weighted by molar-refractivity contribution is 8.03. The van der Waals surface area contributed by atoms with Gasteiger partial charge in [0.15, 0.2) is 0 Å². The van der Waals surface area contributed by atoms with Crippen molar-refractivity contribution >= 4 is 11.8 Å². The van der Waals surface area contributed by atoms with E-state index in [1.807, 2.05) is 0 Å². The van der Waals surface area contributed by atoms with Gasteiger partial charge in [-0.15, -0.1) is 11.8 Å². The molecule has 42 valence electrons. The molecule has 0 fully saturated rings. The maximum atomic E-state index is 5.26. The summed E-state index contributed by atoms with van der Waals surface area (Å²) >= 11 is 1.59. The largest absolute Gasteiger partial charge is 0.394 e. The van der Waals surface area contributed by atoms with E-state index in [1.54, 1.807) is 11.8 Å².